The maximum atomic E-state index is 13.3. The van der Waals surface area contributed by atoms with E-state index in [2.05, 4.69) is 0 Å². The van der Waals surface area contributed by atoms with Crippen LogP contribution in [-0.2, 0) is 6.61 Å². The molecule has 30 heavy (non-hydrogen) atoms. The van der Waals surface area contributed by atoms with E-state index >= 15 is 0 Å². The maximum Gasteiger partial charge on any atom is 0.185 e. The Morgan fingerprint density at radius 1 is 1.00 bits per heavy atom. The lowest BCUT2D eigenvalue weighted by Crippen LogP contribution is -2.00. The van der Waals surface area contributed by atoms with Crippen LogP contribution in [0.2, 0.25) is 5.02 Å². The predicted molar refractivity (Wildman–Crippen MR) is 115 cm³/mol. The standard InChI is InChI=1S/C24H20ClFO4/c1-28-19-5-3-4-17(13-19)23(27)10-6-16-7-11-24(29-2)18(12-16)15-30-20-8-9-22(26)21(25)14-20/h3-14H,15H2,1-2H3/b10-6+. The maximum absolute atomic E-state index is 13.3. The van der Waals surface area contributed by atoms with Crippen LogP contribution < -0.4 is 14.2 Å². The van der Waals surface area contributed by atoms with Gasteiger partial charge >= 0.3 is 0 Å². The highest BCUT2D eigenvalue weighted by Gasteiger charge is 2.08. The second-order valence-corrected chi connectivity index (χ2v) is 6.77. The Hall–Kier alpha value is -3.31. The molecule has 0 N–H and O–H groups in total. The Bertz CT molecular complexity index is 1080. The van der Waals surface area contributed by atoms with Gasteiger partial charge in [-0.25, -0.2) is 4.39 Å². The van der Waals surface area contributed by atoms with Gasteiger partial charge in [0, 0.05) is 17.2 Å². The fourth-order valence-electron chi connectivity index (χ4n) is 2.79. The summed E-state index contributed by atoms with van der Waals surface area (Å²) in [6.07, 6.45) is 3.22. The van der Waals surface area contributed by atoms with Gasteiger partial charge in [0.25, 0.3) is 0 Å². The van der Waals surface area contributed by atoms with Crippen molar-refractivity contribution in [3.05, 3.63) is 94.3 Å². The van der Waals surface area contributed by atoms with Crippen LogP contribution in [0, 0.1) is 5.82 Å². The molecule has 154 valence electrons. The second kappa shape index (κ2) is 9.94. The molecule has 0 aliphatic carbocycles. The number of halogens is 2. The fourth-order valence-corrected chi connectivity index (χ4v) is 2.96. The summed E-state index contributed by atoms with van der Waals surface area (Å²) in [5, 5.41) is -0.00722. The molecule has 0 atom stereocenters. The molecule has 0 unspecified atom stereocenters. The quantitative estimate of drug-likeness (QED) is 0.329. The predicted octanol–water partition coefficient (Wildman–Crippen LogP) is 5.97. The zero-order chi connectivity index (χ0) is 21.5. The summed E-state index contributed by atoms with van der Waals surface area (Å²) in [4.78, 5) is 12.4. The van der Waals surface area contributed by atoms with Gasteiger partial charge in [-0.1, -0.05) is 35.9 Å². The van der Waals surface area contributed by atoms with Gasteiger partial charge in [-0.2, -0.15) is 0 Å². The third-order valence-corrected chi connectivity index (χ3v) is 4.66. The smallest absolute Gasteiger partial charge is 0.185 e. The van der Waals surface area contributed by atoms with Crippen LogP contribution in [0.25, 0.3) is 6.08 Å². The Balaban J connectivity index is 1.75. The zero-order valence-corrected chi connectivity index (χ0v) is 17.3. The second-order valence-electron chi connectivity index (χ2n) is 6.37. The molecule has 0 spiro atoms. The monoisotopic (exact) mass is 426 g/mol. The molecule has 6 heteroatoms. The van der Waals surface area contributed by atoms with E-state index in [-0.39, 0.29) is 17.4 Å². The number of ether oxygens (including phenoxy) is 3. The van der Waals surface area contributed by atoms with Gasteiger partial charge in [-0.05, 0) is 48.0 Å². The van der Waals surface area contributed by atoms with E-state index in [1.165, 1.54) is 24.3 Å². The molecule has 0 radical (unpaired) electrons. The molecule has 3 rings (SSSR count). The molecular weight excluding hydrogens is 407 g/mol. The Morgan fingerprint density at radius 2 is 1.83 bits per heavy atom. The highest BCUT2D eigenvalue weighted by molar-refractivity contribution is 6.30. The minimum absolute atomic E-state index is 0.00722. The number of allylic oxidation sites excluding steroid dienone is 1. The van der Waals surface area contributed by atoms with E-state index < -0.39 is 5.82 Å². The van der Waals surface area contributed by atoms with Crippen LogP contribution in [0.5, 0.6) is 17.2 Å². The van der Waals surface area contributed by atoms with E-state index in [0.717, 1.165) is 11.1 Å². The molecule has 0 saturated carbocycles. The van der Waals surface area contributed by atoms with Crippen LogP contribution in [0.3, 0.4) is 0 Å². The summed E-state index contributed by atoms with van der Waals surface area (Å²) in [5.41, 5.74) is 2.12. The van der Waals surface area contributed by atoms with Crippen LogP contribution in [0.4, 0.5) is 4.39 Å². The normalized spacial score (nSPS) is 10.8. The number of methoxy groups -OCH3 is 2. The fraction of sp³-hybridized carbons (Fsp3) is 0.125. The van der Waals surface area contributed by atoms with Gasteiger partial charge in [-0.3, -0.25) is 4.79 Å². The van der Waals surface area contributed by atoms with E-state index in [9.17, 15) is 9.18 Å². The summed E-state index contributed by atoms with van der Waals surface area (Å²) in [6, 6.07) is 16.6. The van der Waals surface area contributed by atoms with Gasteiger partial charge in [0.05, 0.1) is 19.2 Å². The molecule has 3 aromatic carbocycles. The van der Waals surface area contributed by atoms with Crippen molar-refractivity contribution < 1.29 is 23.4 Å². The van der Waals surface area contributed by atoms with Gasteiger partial charge in [0.2, 0.25) is 0 Å². The Morgan fingerprint density at radius 3 is 2.57 bits per heavy atom. The summed E-state index contributed by atoms with van der Waals surface area (Å²) in [5.74, 6) is 1.06. The van der Waals surface area contributed by atoms with Crippen molar-refractivity contribution in [3.63, 3.8) is 0 Å². The first-order valence-corrected chi connectivity index (χ1v) is 9.49. The molecule has 0 heterocycles. The number of carbonyl (C=O) groups excluding carboxylic acids is 1. The van der Waals surface area contributed by atoms with Crippen molar-refractivity contribution in [2.45, 2.75) is 6.61 Å². The zero-order valence-electron chi connectivity index (χ0n) is 16.5. The van der Waals surface area contributed by atoms with E-state index in [1.807, 2.05) is 12.1 Å². The molecule has 3 aromatic rings. The van der Waals surface area contributed by atoms with Crippen molar-refractivity contribution in [1.82, 2.24) is 0 Å². The van der Waals surface area contributed by atoms with Gasteiger partial charge in [0.15, 0.2) is 5.78 Å². The van der Waals surface area contributed by atoms with Crippen molar-refractivity contribution in [2.24, 2.45) is 0 Å². The number of carbonyl (C=O) groups is 1. The van der Waals surface area contributed by atoms with Crippen LogP contribution in [-0.4, -0.2) is 20.0 Å². The molecule has 0 aliphatic heterocycles. The van der Waals surface area contributed by atoms with Crippen LogP contribution >= 0.6 is 11.6 Å². The average Bonchev–Trinajstić information content (AvgIpc) is 2.78. The molecule has 0 aliphatic rings. The summed E-state index contributed by atoms with van der Waals surface area (Å²) >= 11 is 5.79. The summed E-state index contributed by atoms with van der Waals surface area (Å²) in [7, 11) is 3.12. The lowest BCUT2D eigenvalue weighted by atomic mass is 10.1. The summed E-state index contributed by atoms with van der Waals surface area (Å²) < 4.78 is 29.5. The SMILES string of the molecule is COc1cccc(C(=O)/C=C/c2ccc(OC)c(COc3ccc(F)c(Cl)c3)c2)c1. The number of ketones is 1. The van der Waals surface area contributed by atoms with E-state index in [4.69, 9.17) is 25.8 Å². The molecule has 0 fully saturated rings. The lowest BCUT2D eigenvalue weighted by molar-refractivity contribution is 0.104. The molecule has 0 bridgehead atoms. The third-order valence-electron chi connectivity index (χ3n) is 4.37. The Labute approximate surface area is 179 Å². The minimum atomic E-state index is -0.505. The third kappa shape index (κ3) is 5.39. The topological polar surface area (TPSA) is 44.8 Å². The molecule has 0 aromatic heterocycles. The number of hydrogen-bond donors (Lipinski definition) is 0. The first kappa shape index (κ1) is 21.4. The molecule has 0 saturated heterocycles. The number of benzene rings is 3. The molecular formula is C24H20ClFO4. The largest absolute Gasteiger partial charge is 0.497 e. The number of hydrogen-bond acceptors (Lipinski definition) is 4. The molecule has 0 amide bonds. The van der Waals surface area contributed by atoms with Gasteiger partial charge in [-0.15, -0.1) is 0 Å². The number of rotatable bonds is 8. The van der Waals surface area contributed by atoms with E-state index in [1.54, 1.807) is 50.6 Å². The van der Waals surface area contributed by atoms with Crippen LogP contribution in [0.15, 0.2) is 66.7 Å². The Kier molecular flexibility index (Phi) is 7.09. The van der Waals surface area contributed by atoms with E-state index in [0.29, 0.717) is 22.8 Å². The average molecular weight is 427 g/mol. The van der Waals surface area contributed by atoms with Crippen molar-refractivity contribution in [2.75, 3.05) is 14.2 Å². The van der Waals surface area contributed by atoms with Gasteiger partial charge in [0.1, 0.15) is 29.7 Å². The van der Waals surface area contributed by atoms with Crippen LogP contribution in [0.1, 0.15) is 21.5 Å². The molecule has 4 nitrogen and oxygen atoms in total. The first-order valence-electron chi connectivity index (χ1n) is 9.11. The first-order chi connectivity index (χ1) is 14.5. The highest BCUT2D eigenvalue weighted by atomic mass is 35.5. The van der Waals surface area contributed by atoms with Crippen molar-refractivity contribution >= 4 is 23.5 Å². The highest BCUT2D eigenvalue weighted by Crippen LogP contribution is 2.25. The van der Waals surface area contributed by atoms with Crippen molar-refractivity contribution in [1.29, 1.82) is 0 Å². The van der Waals surface area contributed by atoms with Gasteiger partial charge < -0.3 is 14.2 Å². The minimum Gasteiger partial charge on any atom is -0.497 e. The lowest BCUT2D eigenvalue weighted by Gasteiger charge is -2.11. The van der Waals surface area contributed by atoms with Crippen molar-refractivity contribution in [3.8, 4) is 17.2 Å². The summed E-state index contributed by atoms with van der Waals surface area (Å²) in [6.45, 7) is 0.191.